The smallest absolute Gasteiger partial charge is 0.00421 e. The molecule has 4 nitrogen and oxygen atoms in total. The molecule has 4 saturated heterocycles. The summed E-state index contributed by atoms with van der Waals surface area (Å²) in [6.45, 7) is 31.9. The second-order valence-electron chi connectivity index (χ2n) is 11.6. The fourth-order valence-corrected chi connectivity index (χ4v) is 6.02. The Labute approximate surface area is 223 Å². The Kier molecular flexibility index (Phi) is 18.1. The van der Waals surface area contributed by atoms with Gasteiger partial charge in [0, 0.05) is 18.6 Å². The van der Waals surface area contributed by atoms with Gasteiger partial charge in [-0.3, -0.25) is 0 Å². The fraction of sp³-hybridized carbons (Fsp3) is 1.00. The van der Waals surface area contributed by atoms with E-state index in [2.05, 4.69) is 61.4 Å². The first kappa shape index (κ1) is 34.8. The minimum atomic E-state index is 0.691. The van der Waals surface area contributed by atoms with E-state index in [9.17, 15) is 0 Å². The molecular formula is C31H68N4. The first-order valence-corrected chi connectivity index (χ1v) is 15.6. The van der Waals surface area contributed by atoms with Gasteiger partial charge in [-0.05, 0) is 143 Å². The summed E-state index contributed by atoms with van der Waals surface area (Å²) in [4.78, 5) is 10.3. The van der Waals surface area contributed by atoms with E-state index in [0.717, 1.165) is 17.5 Å². The predicted molar refractivity (Wildman–Crippen MR) is 160 cm³/mol. The quantitative estimate of drug-likeness (QED) is 0.404. The van der Waals surface area contributed by atoms with Crippen molar-refractivity contribution >= 4 is 0 Å². The summed E-state index contributed by atoms with van der Waals surface area (Å²) in [7, 11) is 4.51. The van der Waals surface area contributed by atoms with Crippen LogP contribution in [0.3, 0.4) is 0 Å². The van der Waals surface area contributed by atoms with Crippen molar-refractivity contribution < 1.29 is 0 Å². The molecule has 0 aliphatic carbocycles. The molecule has 4 heteroatoms. The van der Waals surface area contributed by atoms with Crippen LogP contribution >= 0.6 is 0 Å². The van der Waals surface area contributed by atoms with E-state index in [1.54, 1.807) is 0 Å². The number of likely N-dealkylation sites (tertiary alicyclic amines) is 4. The lowest BCUT2D eigenvalue weighted by molar-refractivity contribution is 0.0319. The molecule has 4 heterocycles. The topological polar surface area (TPSA) is 13.0 Å². The van der Waals surface area contributed by atoms with E-state index in [0.29, 0.717) is 5.41 Å². The monoisotopic (exact) mass is 497 g/mol. The van der Waals surface area contributed by atoms with Crippen LogP contribution in [-0.2, 0) is 0 Å². The molecule has 35 heavy (non-hydrogen) atoms. The molecule has 0 aromatic heterocycles. The minimum absolute atomic E-state index is 0.691. The lowest BCUT2D eigenvalue weighted by Gasteiger charge is -2.47. The summed E-state index contributed by atoms with van der Waals surface area (Å²) < 4.78 is 0. The summed E-state index contributed by atoms with van der Waals surface area (Å²) in [6.07, 6.45) is 10.1. The van der Waals surface area contributed by atoms with Crippen LogP contribution in [0.1, 0.15) is 114 Å². The molecule has 4 aliphatic heterocycles. The van der Waals surface area contributed by atoms with Gasteiger partial charge in [0.2, 0.25) is 0 Å². The number of piperidine rings is 3. The number of rotatable bonds is 2. The van der Waals surface area contributed by atoms with Gasteiger partial charge in [0.25, 0.3) is 0 Å². The molecule has 0 unspecified atom stereocenters. The van der Waals surface area contributed by atoms with Gasteiger partial charge in [-0.25, -0.2) is 0 Å². The van der Waals surface area contributed by atoms with Gasteiger partial charge in [0.1, 0.15) is 0 Å². The van der Waals surface area contributed by atoms with Crippen molar-refractivity contribution in [3.63, 3.8) is 0 Å². The highest BCUT2D eigenvalue weighted by Gasteiger charge is 2.40. The van der Waals surface area contributed by atoms with Crippen LogP contribution in [0.4, 0.5) is 0 Å². The lowest BCUT2D eigenvalue weighted by atomic mass is 9.71. The van der Waals surface area contributed by atoms with Gasteiger partial charge in [0.15, 0.2) is 0 Å². The summed E-state index contributed by atoms with van der Waals surface area (Å²) in [5, 5.41) is 0. The van der Waals surface area contributed by atoms with E-state index in [4.69, 9.17) is 0 Å². The molecule has 0 aromatic rings. The Morgan fingerprint density at radius 2 is 0.714 bits per heavy atom. The van der Waals surface area contributed by atoms with Crippen LogP contribution in [-0.4, -0.2) is 98.1 Å². The van der Waals surface area contributed by atoms with Gasteiger partial charge in [-0.2, -0.15) is 0 Å². The maximum Gasteiger partial charge on any atom is 0.00421 e. The molecule has 212 valence electrons. The average molecular weight is 497 g/mol. The van der Waals surface area contributed by atoms with E-state index >= 15 is 0 Å². The van der Waals surface area contributed by atoms with Gasteiger partial charge in [0.05, 0.1) is 0 Å². The van der Waals surface area contributed by atoms with Crippen molar-refractivity contribution in [2.75, 3.05) is 66.5 Å². The van der Waals surface area contributed by atoms with Crippen molar-refractivity contribution in [2.45, 2.75) is 126 Å². The number of hydrogen-bond acceptors (Lipinski definition) is 4. The van der Waals surface area contributed by atoms with E-state index in [1.807, 2.05) is 41.5 Å². The summed E-state index contributed by atoms with van der Waals surface area (Å²) >= 11 is 0. The van der Waals surface area contributed by atoms with E-state index in [1.165, 1.54) is 97.3 Å². The molecule has 2 spiro atoms. The molecule has 0 bridgehead atoms. The molecule has 0 amide bonds. The maximum absolute atomic E-state index is 2.66. The highest BCUT2D eigenvalue weighted by atomic mass is 15.2. The molecule has 0 aromatic carbocycles. The van der Waals surface area contributed by atoms with Crippen molar-refractivity contribution in [1.82, 2.24) is 19.6 Å². The van der Waals surface area contributed by atoms with E-state index < -0.39 is 0 Å². The van der Waals surface area contributed by atoms with Gasteiger partial charge in [-0.1, -0.05) is 41.5 Å². The summed E-state index contributed by atoms with van der Waals surface area (Å²) in [5.41, 5.74) is 1.41. The van der Waals surface area contributed by atoms with Gasteiger partial charge in [-0.15, -0.1) is 0 Å². The molecule has 4 rings (SSSR count). The van der Waals surface area contributed by atoms with Crippen molar-refractivity contribution in [3.8, 4) is 0 Å². The fourth-order valence-electron chi connectivity index (χ4n) is 6.02. The lowest BCUT2D eigenvalue weighted by Crippen LogP contribution is -2.47. The van der Waals surface area contributed by atoms with Crippen molar-refractivity contribution in [1.29, 1.82) is 0 Å². The highest BCUT2D eigenvalue weighted by molar-refractivity contribution is 4.94. The summed E-state index contributed by atoms with van der Waals surface area (Å²) in [6, 6.07) is 1.49. The third-order valence-corrected chi connectivity index (χ3v) is 8.88. The largest absolute Gasteiger partial charge is 0.306 e. The maximum atomic E-state index is 2.66. The van der Waals surface area contributed by atoms with Crippen LogP contribution < -0.4 is 0 Å². The number of nitrogens with zero attached hydrogens (tertiary/aromatic N) is 4. The highest BCUT2D eigenvalue weighted by Crippen LogP contribution is 2.41. The SMILES string of the molecule is CC.CC.CC.CC(C)N1CCC2(CCN(C)CC2)C1.CC(C)N1CCC2(CCN(C)CC2)CC1. The molecular weight excluding hydrogens is 428 g/mol. The third-order valence-electron chi connectivity index (χ3n) is 8.88. The van der Waals surface area contributed by atoms with Crippen LogP contribution in [0.25, 0.3) is 0 Å². The Balaban J connectivity index is 0.000000546. The molecule has 0 radical (unpaired) electrons. The normalized spacial score (nSPS) is 24.5. The zero-order valence-corrected chi connectivity index (χ0v) is 26.6. The Hall–Kier alpha value is -0.160. The molecule has 4 fully saturated rings. The van der Waals surface area contributed by atoms with E-state index in [-0.39, 0.29) is 0 Å². The molecule has 0 saturated carbocycles. The predicted octanol–water partition coefficient (Wildman–Crippen LogP) is 7.09. The molecule has 0 atom stereocenters. The third kappa shape index (κ3) is 11.4. The van der Waals surface area contributed by atoms with Crippen LogP contribution in [0, 0.1) is 10.8 Å². The second kappa shape index (κ2) is 18.2. The second-order valence-corrected chi connectivity index (χ2v) is 11.6. The zero-order chi connectivity index (χ0) is 27.1. The first-order chi connectivity index (χ1) is 16.7. The van der Waals surface area contributed by atoms with Crippen molar-refractivity contribution in [2.24, 2.45) is 10.8 Å². The zero-order valence-electron chi connectivity index (χ0n) is 26.6. The first-order valence-electron chi connectivity index (χ1n) is 15.6. The Morgan fingerprint density at radius 3 is 1.06 bits per heavy atom. The molecule has 0 N–H and O–H groups in total. The standard InChI is InChI=1S/C13H26N2.C12H24N2.3C2H6/c1-12(2)15-10-6-13(7-11-15)4-8-14(3)9-5-13;1-11(2)14-9-6-12(10-14)4-7-13(3)8-5-12;3*1-2/h12H,4-11H2,1-3H3;11H,4-10H2,1-3H3;3*1-2H3. The van der Waals surface area contributed by atoms with Gasteiger partial charge >= 0.3 is 0 Å². The Morgan fingerprint density at radius 1 is 0.429 bits per heavy atom. The van der Waals surface area contributed by atoms with Crippen molar-refractivity contribution in [3.05, 3.63) is 0 Å². The van der Waals surface area contributed by atoms with Crippen LogP contribution in [0.5, 0.6) is 0 Å². The van der Waals surface area contributed by atoms with Crippen LogP contribution in [0.15, 0.2) is 0 Å². The van der Waals surface area contributed by atoms with Crippen LogP contribution in [0.2, 0.25) is 0 Å². The average Bonchev–Trinajstić information content (AvgIpc) is 3.32. The molecule has 4 aliphatic rings. The Bertz CT molecular complexity index is 478. The number of hydrogen-bond donors (Lipinski definition) is 0. The van der Waals surface area contributed by atoms with Gasteiger partial charge < -0.3 is 19.6 Å². The summed E-state index contributed by atoms with van der Waals surface area (Å²) in [5.74, 6) is 0. The minimum Gasteiger partial charge on any atom is -0.306 e.